The number of hydrogen-bond donors (Lipinski definition) is 3. The number of hydrogen-bond acceptors (Lipinski definition) is 6. The number of likely N-dealkylation sites (tertiary alicyclic amines) is 1. The molecule has 0 aromatic heterocycles. The summed E-state index contributed by atoms with van der Waals surface area (Å²) in [5, 5.41) is 24.0. The maximum Gasteiger partial charge on any atom is 0.323 e. The van der Waals surface area contributed by atoms with Crippen LogP contribution < -0.4 is 5.32 Å². The van der Waals surface area contributed by atoms with Gasteiger partial charge in [-0.3, -0.25) is 9.59 Å². The maximum absolute atomic E-state index is 13.1. The number of ether oxygens (including phenoxy) is 1. The summed E-state index contributed by atoms with van der Waals surface area (Å²) < 4.78 is 5.95. The molecule has 0 unspecified atom stereocenters. The van der Waals surface area contributed by atoms with Gasteiger partial charge in [0.25, 0.3) is 5.91 Å². The van der Waals surface area contributed by atoms with Gasteiger partial charge in [-0.25, -0.2) is 0 Å². The van der Waals surface area contributed by atoms with Gasteiger partial charge in [0.1, 0.15) is 23.6 Å². The summed E-state index contributed by atoms with van der Waals surface area (Å²) in [6.07, 6.45) is 13.0. The number of phenolic OH excluding ortho intramolecular Hbond substituents is 2. The highest BCUT2D eigenvalue weighted by Gasteiger charge is 2.33. The Hall–Kier alpha value is -2.28. The minimum atomic E-state index is -0.196. The molecule has 0 radical (unpaired) electrons. The lowest BCUT2D eigenvalue weighted by atomic mass is 9.92. The average molecular weight is 515 g/mol. The van der Waals surface area contributed by atoms with Crippen LogP contribution in [0.5, 0.6) is 11.5 Å². The van der Waals surface area contributed by atoms with Crippen LogP contribution in [0.15, 0.2) is 12.1 Å². The lowest BCUT2D eigenvalue weighted by Crippen LogP contribution is -2.45. The van der Waals surface area contributed by atoms with Crippen LogP contribution in [0.1, 0.15) is 113 Å². The minimum Gasteiger partial charge on any atom is -0.508 e. The van der Waals surface area contributed by atoms with Crippen molar-refractivity contribution in [2.75, 3.05) is 19.6 Å². The van der Waals surface area contributed by atoms with Crippen molar-refractivity contribution in [3.05, 3.63) is 23.3 Å². The summed E-state index contributed by atoms with van der Waals surface area (Å²) in [6, 6.07) is 2.71. The molecule has 1 saturated heterocycles. The van der Waals surface area contributed by atoms with E-state index < -0.39 is 0 Å². The number of amides is 1. The molecule has 2 saturated carbocycles. The van der Waals surface area contributed by atoms with Crippen molar-refractivity contribution >= 4 is 11.9 Å². The fourth-order valence-corrected chi connectivity index (χ4v) is 6.42. The summed E-state index contributed by atoms with van der Waals surface area (Å²) in [5.74, 6) is 0.555. The van der Waals surface area contributed by atoms with Crippen LogP contribution in [0.3, 0.4) is 0 Å². The molecule has 206 valence electrons. The molecular weight excluding hydrogens is 468 g/mol. The maximum atomic E-state index is 13.1. The lowest BCUT2D eigenvalue weighted by molar-refractivity contribution is -0.154. The Balaban J connectivity index is 1.26. The van der Waals surface area contributed by atoms with E-state index in [1.807, 2.05) is 18.7 Å². The first-order valence-corrected chi connectivity index (χ1v) is 14.6. The molecule has 3 aliphatic rings. The van der Waals surface area contributed by atoms with Crippen LogP contribution in [0.25, 0.3) is 0 Å². The van der Waals surface area contributed by atoms with E-state index >= 15 is 0 Å². The summed E-state index contributed by atoms with van der Waals surface area (Å²) in [5.41, 5.74) is 0.929. The highest BCUT2D eigenvalue weighted by Crippen LogP contribution is 2.34. The van der Waals surface area contributed by atoms with E-state index in [0.29, 0.717) is 30.5 Å². The second-order valence-corrected chi connectivity index (χ2v) is 11.8. The van der Waals surface area contributed by atoms with E-state index in [1.54, 1.807) is 6.07 Å². The third-order valence-corrected chi connectivity index (χ3v) is 8.78. The normalized spacial score (nSPS) is 20.9. The Morgan fingerprint density at radius 2 is 1.59 bits per heavy atom. The van der Waals surface area contributed by atoms with Crippen molar-refractivity contribution in [3.8, 4) is 11.5 Å². The molecule has 0 bridgehead atoms. The van der Waals surface area contributed by atoms with Gasteiger partial charge < -0.3 is 25.2 Å². The first-order valence-electron chi connectivity index (χ1n) is 14.6. The molecule has 7 nitrogen and oxygen atoms in total. The predicted molar refractivity (Wildman–Crippen MR) is 144 cm³/mol. The van der Waals surface area contributed by atoms with Gasteiger partial charge in [0.2, 0.25) is 0 Å². The van der Waals surface area contributed by atoms with Crippen molar-refractivity contribution in [1.82, 2.24) is 10.2 Å². The van der Waals surface area contributed by atoms with Gasteiger partial charge in [-0.15, -0.1) is 0 Å². The number of nitrogens with zero attached hydrogens (tertiary/aromatic N) is 1. The molecule has 1 aliphatic heterocycles. The number of nitrogens with one attached hydrogen (secondary N) is 1. The van der Waals surface area contributed by atoms with Crippen LogP contribution in [-0.2, 0) is 9.53 Å². The Bertz CT molecular complexity index is 913. The Labute approximate surface area is 222 Å². The molecule has 37 heavy (non-hydrogen) atoms. The van der Waals surface area contributed by atoms with Gasteiger partial charge in [0.05, 0.1) is 5.56 Å². The summed E-state index contributed by atoms with van der Waals surface area (Å²) in [4.78, 5) is 28.0. The zero-order chi connectivity index (χ0) is 26.4. The van der Waals surface area contributed by atoms with Crippen LogP contribution in [0.2, 0.25) is 0 Å². The number of carbonyl (C=O) groups is 2. The van der Waals surface area contributed by atoms with Gasteiger partial charge >= 0.3 is 5.97 Å². The van der Waals surface area contributed by atoms with Crippen LogP contribution in [0, 0.1) is 11.8 Å². The number of piperidine rings is 1. The molecular formula is C30H46N2O5. The second kappa shape index (κ2) is 13.0. The van der Waals surface area contributed by atoms with E-state index in [9.17, 15) is 19.8 Å². The van der Waals surface area contributed by atoms with E-state index in [0.717, 1.165) is 64.3 Å². The molecule has 1 aromatic rings. The molecule has 1 atom stereocenters. The van der Waals surface area contributed by atoms with Gasteiger partial charge in [-0.1, -0.05) is 33.1 Å². The van der Waals surface area contributed by atoms with Crippen molar-refractivity contribution in [2.45, 2.75) is 109 Å². The fraction of sp³-hybridized carbons (Fsp3) is 0.733. The lowest BCUT2D eigenvalue weighted by Gasteiger charge is -2.33. The number of aromatic hydroxyl groups is 2. The molecule has 4 rings (SSSR count). The monoisotopic (exact) mass is 514 g/mol. The first kappa shape index (κ1) is 27.7. The minimum absolute atomic E-state index is 0.0220. The SMILES string of the molecule is CC(C)c1cc(C(=O)N2CCC(CCN[C@H](C(=O)OC3CCCCC3)C3CCCC3)CC2)c(O)cc1O. The van der Waals surface area contributed by atoms with Gasteiger partial charge in [0, 0.05) is 19.2 Å². The largest absolute Gasteiger partial charge is 0.508 e. The second-order valence-electron chi connectivity index (χ2n) is 11.8. The van der Waals surface area contributed by atoms with E-state index in [2.05, 4.69) is 5.32 Å². The van der Waals surface area contributed by atoms with E-state index in [-0.39, 0.29) is 47.0 Å². The smallest absolute Gasteiger partial charge is 0.323 e. The van der Waals surface area contributed by atoms with Crippen LogP contribution in [0.4, 0.5) is 0 Å². The van der Waals surface area contributed by atoms with Crippen molar-refractivity contribution in [2.24, 2.45) is 11.8 Å². The topological polar surface area (TPSA) is 99.1 Å². The summed E-state index contributed by atoms with van der Waals surface area (Å²) in [6.45, 7) is 5.99. The molecule has 3 N–H and O–H groups in total. The standard InChI is InChI=1S/C30H46N2O5/c1-20(2)24-18-25(27(34)19-26(24)33)29(35)32-16-13-21(14-17-32)12-15-31-28(22-8-6-7-9-22)30(36)37-23-10-4-3-5-11-23/h18-23,28,31,33-34H,3-17H2,1-2H3/t28-/m0/s1. The number of phenols is 2. The molecule has 7 heteroatoms. The van der Waals surface area contributed by atoms with Crippen LogP contribution >= 0.6 is 0 Å². The number of esters is 1. The average Bonchev–Trinajstić information content (AvgIpc) is 3.41. The third-order valence-electron chi connectivity index (χ3n) is 8.78. The zero-order valence-corrected chi connectivity index (χ0v) is 22.7. The first-order chi connectivity index (χ1) is 17.8. The van der Waals surface area contributed by atoms with Gasteiger partial charge in [-0.2, -0.15) is 0 Å². The van der Waals surface area contributed by atoms with Crippen molar-refractivity contribution < 1.29 is 24.5 Å². The number of carbonyl (C=O) groups excluding carboxylic acids is 2. The molecule has 0 spiro atoms. The van der Waals surface area contributed by atoms with Crippen molar-refractivity contribution in [1.29, 1.82) is 0 Å². The Morgan fingerprint density at radius 1 is 0.946 bits per heavy atom. The summed E-state index contributed by atoms with van der Waals surface area (Å²) in [7, 11) is 0. The molecule has 3 fully saturated rings. The molecule has 1 aromatic carbocycles. The van der Waals surface area contributed by atoms with Gasteiger partial charge in [-0.05, 0) is 93.7 Å². The zero-order valence-electron chi connectivity index (χ0n) is 22.7. The van der Waals surface area contributed by atoms with Crippen molar-refractivity contribution in [3.63, 3.8) is 0 Å². The number of benzene rings is 1. The quantitative estimate of drug-likeness (QED) is 0.377. The third kappa shape index (κ3) is 7.18. The highest BCUT2D eigenvalue weighted by molar-refractivity contribution is 5.97. The molecule has 2 aliphatic carbocycles. The Kier molecular flexibility index (Phi) is 9.74. The Morgan fingerprint density at radius 3 is 2.24 bits per heavy atom. The van der Waals surface area contributed by atoms with Gasteiger partial charge in [0.15, 0.2) is 0 Å². The van der Waals surface area contributed by atoms with Crippen LogP contribution in [-0.4, -0.2) is 58.8 Å². The summed E-state index contributed by atoms with van der Waals surface area (Å²) >= 11 is 0. The van der Waals surface area contributed by atoms with E-state index in [4.69, 9.17) is 4.74 Å². The molecule has 1 amide bonds. The predicted octanol–water partition coefficient (Wildman–Crippen LogP) is 5.49. The highest BCUT2D eigenvalue weighted by atomic mass is 16.5. The fourth-order valence-electron chi connectivity index (χ4n) is 6.42. The number of rotatable bonds is 9. The molecule has 1 heterocycles. The van der Waals surface area contributed by atoms with E-state index in [1.165, 1.54) is 25.3 Å².